The van der Waals surface area contributed by atoms with Crippen molar-refractivity contribution in [3.05, 3.63) is 81.0 Å². The van der Waals surface area contributed by atoms with Crippen molar-refractivity contribution >= 4 is 34.9 Å². The van der Waals surface area contributed by atoms with Gasteiger partial charge >= 0.3 is 0 Å². The van der Waals surface area contributed by atoms with Gasteiger partial charge in [-0.05, 0) is 29.3 Å². The van der Waals surface area contributed by atoms with E-state index in [1.54, 1.807) is 23.6 Å². The molecular formula is C30H29F2N5O6S. The molecule has 44 heavy (non-hydrogen) atoms. The minimum Gasteiger partial charge on any atom is -0.394 e. The molecule has 2 aliphatic heterocycles. The van der Waals surface area contributed by atoms with Crippen molar-refractivity contribution in [2.24, 2.45) is 5.73 Å². The SMILES string of the molecule is N=C(N)c1csc([C@@H](CO)NC(=O)[C@@H]2CC3(CN2C(=O)CNC(=O)c2ccc4c(c2)-c2ccccc2C4(F)F)OCCO3)c1. The highest BCUT2D eigenvalue weighted by molar-refractivity contribution is 7.10. The Hall–Kier alpha value is -4.24. The third-order valence-corrected chi connectivity index (χ3v) is 9.12. The third-order valence-electron chi connectivity index (χ3n) is 8.08. The molecule has 230 valence electrons. The maximum Gasteiger partial charge on any atom is 0.299 e. The van der Waals surface area contributed by atoms with Crippen LogP contribution in [0.2, 0.25) is 0 Å². The number of nitrogens with zero attached hydrogens (tertiary/aromatic N) is 1. The molecule has 3 aliphatic rings. The lowest BCUT2D eigenvalue weighted by Crippen LogP contribution is -2.50. The number of carbonyl (C=O) groups is 3. The van der Waals surface area contributed by atoms with Gasteiger partial charge in [0, 0.05) is 38.9 Å². The Morgan fingerprint density at radius 2 is 1.82 bits per heavy atom. The van der Waals surface area contributed by atoms with E-state index in [0.717, 1.165) is 0 Å². The van der Waals surface area contributed by atoms with Crippen LogP contribution in [0.5, 0.6) is 0 Å². The Bertz CT molecular complexity index is 1660. The van der Waals surface area contributed by atoms with Crippen molar-refractivity contribution in [1.29, 1.82) is 5.41 Å². The summed E-state index contributed by atoms with van der Waals surface area (Å²) in [5.74, 6) is -6.29. The van der Waals surface area contributed by atoms with E-state index in [9.17, 15) is 28.3 Å². The second-order valence-electron chi connectivity index (χ2n) is 10.8. The van der Waals surface area contributed by atoms with Crippen LogP contribution in [-0.4, -0.2) is 78.3 Å². The van der Waals surface area contributed by atoms with Crippen molar-refractivity contribution in [3.8, 4) is 11.1 Å². The fourth-order valence-electron chi connectivity index (χ4n) is 5.87. The van der Waals surface area contributed by atoms with Crippen LogP contribution in [-0.2, 0) is 25.0 Å². The van der Waals surface area contributed by atoms with E-state index in [-0.39, 0.29) is 54.3 Å². The first-order chi connectivity index (χ1) is 21.0. The van der Waals surface area contributed by atoms with Crippen molar-refractivity contribution in [1.82, 2.24) is 15.5 Å². The monoisotopic (exact) mass is 625 g/mol. The number of benzene rings is 2. The number of amidine groups is 1. The maximum absolute atomic E-state index is 14.9. The molecule has 0 saturated carbocycles. The molecule has 2 fully saturated rings. The van der Waals surface area contributed by atoms with Gasteiger partial charge in [0.2, 0.25) is 11.8 Å². The minimum atomic E-state index is -3.18. The summed E-state index contributed by atoms with van der Waals surface area (Å²) in [4.78, 5) is 41.8. The number of alkyl halides is 2. The summed E-state index contributed by atoms with van der Waals surface area (Å²) >= 11 is 1.22. The minimum absolute atomic E-state index is 0.0399. The third kappa shape index (κ3) is 5.23. The number of hydrogen-bond donors (Lipinski definition) is 5. The molecule has 3 heterocycles. The molecule has 6 rings (SSSR count). The molecule has 3 amide bonds. The number of aliphatic hydroxyl groups is 1. The highest BCUT2D eigenvalue weighted by atomic mass is 32.1. The first-order valence-electron chi connectivity index (χ1n) is 13.8. The average Bonchev–Trinajstić information content (AvgIpc) is 3.81. The molecule has 2 saturated heterocycles. The number of fused-ring (bicyclic) bond motifs is 3. The second-order valence-corrected chi connectivity index (χ2v) is 11.8. The lowest BCUT2D eigenvalue weighted by Gasteiger charge is -2.25. The summed E-state index contributed by atoms with van der Waals surface area (Å²) in [7, 11) is 0. The Kier molecular flexibility index (Phi) is 7.70. The predicted molar refractivity (Wildman–Crippen MR) is 155 cm³/mol. The first-order valence-corrected chi connectivity index (χ1v) is 14.7. The molecule has 11 nitrogen and oxygen atoms in total. The molecule has 6 N–H and O–H groups in total. The Morgan fingerprint density at radius 1 is 1.09 bits per heavy atom. The van der Waals surface area contributed by atoms with Gasteiger partial charge in [-0.1, -0.05) is 30.3 Å². The number of halogens is 2. The second kappa shape index (κ2) is 11.4. The summed E-state index contributed by atoms with van der Waals surface area (Å²) < 4.78 is 41.4. The normalized spacial score (nSPS) is 19.8. The number of nitrogens with two attached hydrogens (primary N) is 1. The van der Waals surface area contributed by atoms with Crippen LogP contribution < -0.4 is 16.4 Å². The molecule has 3 aromatic rings. The number of rotatable bonds is 8. The quantitative estimate of drug-likeness (QED) is 0.189. The van der Waals surface area contributed by atoms with Crippen LogP contribution in [0.1, 0.15) is 44.4 Å². The average molecular weight is 626 g/mol. The Balaban J connectivity index is 1.16. The van der Waals surface area contributed by atoms with E-state index >= 15 is 0 Å². The molecule has 1 aliphatic carbocycles. The van der Waals surface area contributed by atoms with Crippen molar-refractivity contribution in [3.63, 3.8) is 0 Å². The number of carbonyl (C=O) groups excluding carboxylic acids is 3. The van der Waals surface area contributed by atoms with Crippen LogP contribution in [0.4, 0.5) is 8.78 Å². The highest BCUT2D eigenvalue weighted by Crippen LogP contribution is 2.51. The first kappa shape index (κ1) is 29.8. The largest absolute Gasteiger partial charge is 0.394 e. The summed E-state index contributed by atoms with van der Waals surface area (Å²) in [5, 5.41) is 24.5. The van der Waals surface area contributed by atoms with E-state index in [2.05, 4.69) is 10.6 Å². The summed E-state index contributed by atoms with van der Waals surface area (Å²) in [6.45, 7) is -0.387. The number of likely N-dealkylation sites (tertiary alicyclic amines) is 1. The van der Waals surface area contributed by atoms with Crippen molar-refractivity contribution < 1.29 is 37.7 Å². The standard InChI is InChI=1S/C30H29F2N5O6S/c31-30(32)20-4-2-1-3-18(20)19-9-16(5-6-21(19)30)27(40)35-12-25(39)37-15-29(42-7-8-43-29)11-23(37)28(41)36-22(13-38)24-10-17(14-44-24)26(33)34/h1-6,9-10,14,22-23,38H,7-8,11-13,15H2,(H3,33,34)(H,35,40)(H,36,41)/t22-,23+/m1/s1. The van der Waals surface area contributed by atoms with Gasteiger partial charge in [-0.3, -0.25) is 19.8 Å². The number of nitrogen functional groups attached to an aromatic ring is 1. The lowest BCUT2D eigenvalue weighted by atomic mass is 10.0. The molecule has 2 aromatic carbocycles. The molecule has 1 spiro atoms. The number of ether oxygens (including phenoxy) is 2. The van der Waals surface area contributed by atoms with Gasteiger partial charge in [0.05, 0.1) is 39.0 Å². The van der Waals surface area contributed by atoms with E-state index in [4.69, 9.17) is 20.6 Å². The number of aliphatic hydroxyl groups excluding tert-OH is 1. The molecule has 0 unspecified atom stereocenters. The number of nitrogens with one attached hydrogen (secondary N) is 3. The zero-order valence-corrected chi connectivity index (χ0v) is 24.1. The van der Waals surface area contributed by atoms with Gasteiger partial charge in [0.1, 0.15) is 11.9 Å². The van der Waals surface area contributed by atoms with E-state index in [1.807, 2.05) is 0 Å². The van der Waals surface area contributed by atoms with Gasteiger partial charge < -0.3 is 35.8 Å². The Labute approximate surface area is 254 Å². The van der Waals surface area contributed by atoms with Gasteiger partial charge in [-0.2, -0.15) is 8.78 Å². The van der Waals surface area contributed by atoms with E-state index < -0.39 is 54.7 Å². The number of hydrogen-bond acceptors (Lipinski definition) is 8. The van der Waals surface area contributed by atoms with Crippen LogP contribution >= 0.6 is 11.3 Å². The zero-order chi connectivity index (χ0) is 31.2. The van der Waals surface area contributed by atoms with Crippen molar-refractivity contribution in [2.75, 3.05) is 32.9 Å². The maximum atomic E-state index is 14.9. The number of thiophene rings is 1. The fourth-order valence-corrected chi connectivity index (χ4v) is 6.82. The summed E-state index contributed by atoms with van der Waals surface area (Å²) in [6, 6.07) is 9.76. The molecule has 0 radical (unpaired) electrons. The summed E-state index contributed by atoms with van der Waals surface area (Å²) in [6.07, 6.45) is 0.0399. The van der Waals surface area contributed by atoms with E-state index in [0.29, 0.717) is 16.0 Å². The van der Waals surface area contributed by atoms with Crippen molar-refractivity contribution in [2.45, 2.75) is 30.2 Å². The smallest absolute Gasteiger partial charge is 0.299 e. The van der Waals surface area contributed by atoms with Gasteiger partial charge in [0.25, 0.3) is 11.8 Å². The molecule has 2 atom stereocenters. The van der Waals surface area contributed by atoms with Gasteiger partial charge in [-0.25, -0.2) is 0 Å². The molecule has 0 bridgehead atoms. The van der Waals surface area contributed by atoms with Crippen LogP contribution in [0, 0.1) is 5.41 Å². The molecule has 1 aromatic heterocycles. The fraction of sp³-hybridized carbons (Fsp3) is 0.333. The zero-order valence-electron chi connectivity index (χ0n) is 23.3. The Morgan fingerprint density at radius 3 is 2.52 bits per heavy atom. The van der Waals surface area contributed by atoms with Crippen LogP contribution in [0.25, 0.3) is 11.1 Å². The predicted octanol–water partition coefficient (Wildman–Crippen LogP) is 2.08. The summed E-state index contributed by atoms with van der Waals surface area (Å²) in [5.41, 5.74) is 6.36. The van der Waals surface area contributed by atoms with Crippen LogP contribution in [0.3, 0.4) is 0 Å². The van der Waals surface area contributed by atoms with E-state index in [1.165, 1.54) is 46.6 Å². The topological polar surface area (TPSA) is 167 Å². The van der Waals surface area contributed by atoms with Crippen LogP contribution in [0.15, 0.2) is 53.9 Å². The van der Waals surface area contributed by atoms with Gasteiger partial charge in [0.15, 0.2) is 5.79 Å². The van der Waals surface area contributed by atoms with Gasteiger partial charge in [-0.15, -0.1) is 11.3 Å². The number of amides is 3. The lowest BCUT2D eigenvalue weighted by molar-refractivity contribution is -0.152. The molecule has 14 heteroatoms. The molecular weight excluding hydrogens is 596 g/mol. The highest BCUT2D eigenvalue weighted by Gasteiger charge is 2.52.